The number of nitrogens with zero attached hydrogens (tertiary/aromatic N) is 3. The molecule has 2 atom stereocenters. The van der Waals surface area contributed by atoms with Crippen LogP contribution in [0.2, 0.25) is 0 Å². The third-order valence-electron chi connectivity index (χ3n) is 2.26. The highest BCUT2D eigenvalue weighted by atomic mass is 19.4. The average Bonchev–Trinajstić information content (AvgIpc) is 2.29. The first-order chi connectivity index (χ1) is 6.95. The van der Waals surface area contributed by atoms with Gasteiger partial charge in [0.1, 0.15) is 6.04 Å². The van der Waals surface area contributed by atoms with Gasteiger partial charge < -0.3 is 5.32 Å². The summed E-state index contributed by atoms with van der Waals surface area (Å²) in [6.07, 6.45) is -5.00. The quantitative estimate of drug-likeness (QED) is 0.409. The number of amides is 1. The van der Waals surface area contributed by atoms with Crippen molar-refractivity contribution in [3.8, 4) is 0 Å². The Hall–Kier alpha value is -1.43. The molecular formula is C7H9F3N4O. The van der Waals surface area contributed by atoms with Crippen LogP contribution in [0.5, 0.6) is 0 Å². The number of hydrogen-bond acceptors (Lipinski definition) is 2. The van der Waals surface area contributed by atoms with Crippen molar-refractivity contribution in [1.82, 2.24) is 5.32 Å². The third-order valence-corrected chi connectivity index (χ3v) is 2.26. The van der Waals surface area contributed by atoms with Crippen LogP contribution in [0.15, 0.2) is 5.11 Å². The minimum atomic E-state index is -4.35. The molecule has 5 nitrogen and oxygen atoms in total. The number of carbonyl (C=O) groups is 1. The molecule has 0 bridgehead atoms. The van der Waals surface area contributed by atoms with E-state index in [1.807, 2.05) is 0 Å². The van der Waals surface area contributed by atoms with Crippen LogP contribution in [-0.2, 0) is 4.79 Å². The second-order valence-corrected chi connectivity index (χ2v) is 3.27. The number of alkyl halides is 3. The Morgan fingerprint density at radius 2 is 2.20 bits per heavy atom. The predicted octanol–water partition coefficient (Wildman–Crippen LogP) is 1.75. The van der Waals surface area contributed by atoms with Gasteiger partial charge in [-0.15, -0.1) is 0 Å². The fraction of sp³-hybridized carbons (Fsp3) is 0.857. The van der Waals surface area contributed by atoms with Crippen LogP contribution in [-0.4, -0.2) is 24.7 Å². The molecule has 1 rings (SSSR count). The van der Waals surface area contributed by atoms with Gasteiger partial charge in [-0.1, -0.05) is 5.11 Å². The van der Waals surface area contributed by atoms with E-state index in [1.54, 1.807) is 0 Å². The first-order valence-electron chi connectivity index (χ1n) is 4.33. The largest absolute Gasteiger partial charge is 0.391 e. The van der Waals surface area contributed by atoms with E-state index in [1.165, 1.54) is 0 Å². The van der Waals surface area contributed by atoms with Crippen molar-refractivity contribution in [2.24, 2.45) is 11.0 Å². The van der Waals surface area contributed by atoms with Gasteiger partial charge in [-0.3, -0.25) is 4.79 Å². The summed E-state index contributed by atoms with van der Waals surface area (Å²) in [4.78, 5) is 13.5. The lowest BCUT2D eigenvalue weighted by molar-refractivity contribution is -0.177. The summed E-state index contributed by atoms with van der Waals surface area (Å²) in [5, 5.41) is 5.33. The Morgan fingerprint density at radius 1 is 1.53 bits per heavy atom. The Morgan fingerprint density at radius 3 is 2.73 bits per heavy atom. The molecule has 0 aromatic carbocycles. The van der Waals surface area contributed by atoms with Gasteiger partial charge >= 0.3 is 6.18 Å². The van der Waals surface area contributed by atoms with E-state index in [2.05, 4.69) is 15.3 Å². The number of nitrogens with one attached hydrogen (secondary N) is 1. The van der Waals surface area contributed by atoms with Gasteiger partial charge in [0.05, 0.1) is 5.92 Å². The van der Waals surface area contributed by atoms with Crippen molar-refractivity contribution in [3.63, 3.8) is 0 Å². The molecule has 8 heteroatoms. The van der Waals surface area contributed by atoms with E-state index >= 15 is 0 Å². The lowest BCUT2D eigenvalue weighted by atomic mass is 9.98. The van der Waals surface area contributed by atoms with Crippen molar-refractivity contribution in [2.75, 3.05) is 6.54 Å². The lowest BCUT2D eigenvalue weighted by Gasteiger charge is -2.18. The van der Waals surface area contributed by atoms with E-state index < -0.39 is 30.5 Å². The van der Waals surface area contributed by atoms with Crippen LogP contribution in [0.3, 0.4) is 0 Å². The van der Waals surface area contributed by atoms with Crippen molar-refractivity contribution in [2.45, 2.75) is 25.1 Å². The molecule has 1 aliphatic rings. The molecule has 1 saturated heterocycles. The molecule has 1 fully saturated rings. The molecule has 0 saturated carbocycles. The van der Waals surface area contributed by atoms with Crippen LogP contribution < -0.4 is 5.32 Å². The van der Waals surface area contributed by atoms with Gasteiger partial charge in [-0.05, 0) is 18.4 Å². The molecule has 84 valence electrons. The van der Waals surface area contributed by atoms with Gasteiger partial charge in [-0.2, -0.15) is 13.2 Å². The van der Waals surface area contributed by atoms with Crippen LogP contribution in [0.4, 0.5) is 13.2 Å². The number of azide groups is 1. The topological polar surface area (TPSA) is 77.9 Å². The van der Waals surface area contributed by atoms with E-state index in [9.17, 15) is 18.0 Å². The van der Waals surface area contributed by atoms with Crippen molar-refractivity contribution in [3.05, 3.63) is 10.4 Å². The maximum Gasteiger partial charge on any atom is 0.391 e. The summed E-state index contributed by atoms with van der Waals surface area (Å²) in [5.41, 5.74) is 8.11. The van der Waals surface area contributed by atoms with E-state index in [0.29, 0.717) is 0 Å². The molecule has 1 aliphatic heterocycles. The summed E-state index contributed by atoms with van der Waals surface area (Å²) >= 11 is 0. The number of halogens is 3. The molecule has 1 N–H and O–H groups in total. The van der Waals surface area contributed by atoms with E-state index in [-0.39, 0.29) is 13.0 Å². The highest BCUT2D eigenvalue weighted by Crippen LogP contribution is 2.33. The standard InChI is InChI=1S/C7H9F3N4O/c8-7(9,10)4-1-2-12-6(15)5(3-4)13-14-11/h4-5H,1-3H2,(H,12,15). The minimum Gasteiger partial charge on any atom is -0.356 e. The molecule has 1 amide bonds. The molecule has 15 heavy (non-hydrogen) atoms. The van der Waals surface area contributed by atoms with Gasteiger partial charge in [0, 0.05) is 11.5 Å². The van der Waals surface area contributed by atoms with Crippen LogP contribution in [0, 0.1) is 5.92 Å². The molecule has 1 heterocycles. The SMILES string of the molecule is [N-]=[N+]=NC1CC(C(F)(F)F)CCNC1=O. The Kier molecular flexibility index (Phi) is 3.41. The van der Waals surface area contributed by atoms with Crippen molar-refractivity contribution >= 4 is 5.91 Å². The molecule has 0 radical (unpaired) electrons. The zero-order valence-electron chi connectivity index (χ0n) is 7.66. The van der Waals surface area contributed by atoms with Gasteiger partial charge in [0.25, 0.3) is 0 Å². The molecule has 0 aromatic rings. The molecule has 0 aliphatic carbocycles. The minimum absolute atomic E-state index is 0.0412. The monoisotopic (exact) mass is 222 g/mol. The Bertz CT molecular complexity index is 297. The molecule has 0 spiro atoms. The second-order valence-electron chi connectivity index (χ2n) is 3.27. The number of rotatable bonds is 1. The zero-order valence-corrected chi connectivity index (χ0v) is 7.66. The van der Waals surface area contributed by atoms with Crippen LogP contribution >= 0.6 is 0 Å². The normalized spacial score (nSPS) is 27.5. The highest BCUT2D eigenvalue weighted by molar-refractivity contribution is 5.82. The summed E-state index contributed by atoms with van der Waals surface area (Å²) < 4.78 is 37.2. The zero-order chi connectivity index (χ0) is 11.5. The van der Waals surface area contributed by atoms with Gasteiger partial charge in [0.2, 0.25) is 5.91 Å². The highest BCUT2D eigenvalue weighted by Gasteiger charge is 2.42. The molecular weight excluding hydrogens is 213 g/mol. The molecule has 0 aromatic heterocycles. The number of hydrogen-bond donors (Lipinski definition) is 1. The average molecular weight is 222 g/mol. The maximum atomic E-state index is 12.4. The maximum absolute atomic E-state index is 12.4. The van der Waals surface area contributed by atoms with E-state index in [4.69, 9.17) is 5.53 Å². The Labute approximate surface area is 83.3 Å². The van der Waals surface area contributed by atoms with E-state index in [0.717, 1.165) is 0 Å². The summed E-state index contributed by atoms with van der Waals surface area (Å²) in [5.74, 6) is -2.23. The summed E-state index contributed by atoms with van der Waals surface area (Å²) in [6, 6.07) is -1.26. The van der Waals surface area contributed by atoms with Crippen LogP contribution in [0.25, 0.3) is 10.4 Å². The predicted molar refractivity (Wildman–Crippen MR) is 44.7 cm³/mol. The van der Waals surface area contributed by atoms with Gasteiger partial charge in [-0.25, -0.2) is 0 Å². The third kappa shape index (κ3) is 3.02. The number of carbonyl (C=O) groups excluding carboxylic acids is 1. The first-order valence-corrected chi connectivity index (χ1v) is 4.33. The van der Waals surface area contributed by atoms with Gasteiger partial charge in [0.15, 0.2) is 0 Å². The lowest BCUT2D eigenvalue weighted by Crippen LogP contribution is -2.31. The van der Waals surface area contributed by atoms with Crippen molar-refractivity contribution in [1.29, 1.82) is 0 Å². The fourth-order valence-corrected chi connectivity index (χ4v) is 1.44. The van der Waals surface area contributed by atoms with Crippen LogP contribution in [0.1, 0.15) is 12.8 Å². The van der Waals surface area contributed by atoms with Crippen molar-refractivity contribution < 1.29 is 18.0 Å². The Balaban J connectivity index is 2.80. The first kappa shape index (κ1) is 11.6. The molecule has 2 unspecified atom stereocenters. The fourth-order valence-electron chi connectivity index (χ4n) is 1.44. The summed E-state index contributed by atoms with van der Waals surface area (Å²) in [7, 11) is 0. The smallest absolute Gasteiger partial charge is 0.356 e. The second kappa shape index (κ2) is 4.39. The summed E-state index contributed by atoms with van der Waals surface area (Å²) in [6.45, 7) is -0.0412.